The van der Waals surface area contributed by atoms with Gasteiger partial charge in [0.2, 0.25) is 8.32 Å². The molecule has 1 nitrogen and oxygen atoms in total. The molecule has 0 N–H and O–H groups in total. The van der Waals surface area contributed by atoms with Gasteiger partial charge in [-0.3, -0.25) is 0 Å². The SMILES string of the molecule is CC/C=C(/O[Si](C)(C)C)C(C)CCC. The van der Waals surface area contributed by atoms with Gasteiger partial charge in [0.15, 0.2) is 0 Å². The minimum atomic E-state index is -1.42. The molecule has 0 saturated carbocycles. The van der Waals surface area contributed by atoms with Crippen LogP contribution < -0.4 is 0 Å². The lowest BCUT2D eigenvalue weighted by atomic mass is 10.0. The highest BCUT2D eigenvalue weighted by atomic mass is 28.4. The Morgan fingerprint density at radius 3 is 2.21 bits per heavy atom. The lowest BCUT2D eigenvalue weighted by Crippen LogP contribution is -2.26. The number of hydrogen-bond acceptors (Lipinski definition) is 1. The van der Waals surface area contributed by atoms with Gasteiger partial charge in [0.1, 0.15) is 0 Å². The van der Waals surface area contributed by atoms with Crippen LogP contribution >= 0.6 is 0 Å². The number of allylic oxidation sites excluding steroid dienone is 2. The molecule has 0 aliphatic heterocycles. The average molecular weight is 214 g/mol. The van der Waals surface area contributed by atoms with E-state index in [4.69, 9.17) is 4.43 Å². The summed E-state index contributed by atoms with van der Waals surface area (Å²) in [7, 11) is -1.42. The minimum absolute atomic E-state index is 0.590. The maximum Gasteiger partial charge on any atom is 0.241 e. The Bertz CT molecular complexity index is 179. The predicted octanol–water partition coefficient (Wildman–Crippen LogP) is 4.57. The summed E-state index contributed by atoms with van der Waals surface area (Å²) < 4.78 is 6.09. The second-order valence-corrected chi connectivity index (χ2v) is 9.35. The first-order valence-electron chi connectivity index (χ1n) is 5.79. The summed E-state index contributed by atoms with van der Waals surface area (Å²) in [4.78, 5) is 0. The number of hydrogen-bond donors (Lipinski definition) is 0. The molecule has 0 radical (unpaired) electrons. The highest BCUT2D eigenvalue weighted by Crippen LogP contribution is 2.22. The summed E-state index contributed by atoms with van der Waals surface area (Å²) in [5.74, 6) is 1.82. The van der Waals surface area contributed by atoms with Gasteiger partial charge in [-0.05, 0) is 38.6 Å². The monoisotopic (exact) mass is 214 g/mol. The van der Waals surface area contributed by atoms with E-state index in [-0.39, 0.29) is 0 Å². The first-order valence-corrected chi connectivity index (χ1v) is 9.20. The molecule has 2 heteroatoms. The quantitative estimate of drug-likeness (QED) is 0.465. The lowest BCUT2D eigenvalue weighted by Gasteiger charge is -2.25. The lowest BCUT2D eigenvalue weighted by molar-refractivity contribution is 0.339. The van der Waals surface area contributed by atoms with Crippen molar-refractivity contribution in [2.45, 2.75) is 59.7 Å². The molecule has 0 rings (SSSR count). The van der Waals surface area contributed by atoms with E-state index in [9.17, 15) is 0 Å². The van der Waals surface area contributed by atoms with E-state index in [0.29, 0.717) is 5.92 Å². The van der Waals surface area contributed by atoms with E-state index in [2.05, 4.69) is 46.5 Å². The van der Waals surface area contributed by atoms with E-state index < -0.39 is 8.32 Å². The van der Waals surface area contributed by atoms with Crippen LogP contribution in [0.15, 0.2) is 11.8 Å². The Kier molecular flexibility index (Phi) is 6.17. The fourth-order valence-corrected chi connectivity index (χ4v) is 2.47. The van der Waals surface area contributed by atoms with Crippen LogP contribution in [-0.4, -0.2) is 8.32 Å². The summed E-state index contributed by atoms with van der Waals surface area (Å²) >= 11 is 0. The Balaban J connectivity index is 4.37. The maximum atomic E-state index is 6.09. The largest absolute Gasteiger partial charge is 0.547 e. The highest BCUT2D eigenvalue weighted by Gasteiger charge is 2.20. The fourth-order valence-electron chi connectivity index (χ4n) is 1.47. The molecular formula is C12H26OSi. The highest BCUT2D eigenvalue weighted by molar-refractivity contribution is 6.70. The van der Waals surface area contributed by atoms with Crippen molar-refractivity contribution >= 4 is 8.32 Å². The Morgan fingerprint density at radius 1 is 1.29 bits per heavy atom. The molecule has 0 fully saturated rings. The van der Waals surface area contributed by atoms with Crippen LogP contribution in [0.3, 0.4) is 0 Å². The summed E-state index contributed by atoms with van der Waals surface area (Å²) in [5, 5.41) is 0. The van der Waals surface area contributed by atoms with Crippen molar-refractivity contribution in [3.05, 3.63) is 11.8 Å². The van der Waals surface area contributed by atoms with Gasteiger partial charge < -0.3 is 4.43 Å². The second kappa shape index (κ2) is 6.28. The first kappa shape index (κ1) is 13.8. The van der Waals surface area contributed by atoms with Crippen LogP contribution in [0.4, 0.5) is 0 Å². The standard InChI is InChI=1S/C12H26OSi/c1-7-9-11(3)12(10-8-2)13-14(4,5)6/h10-11H,7-9H2,1-6H3/b12-10+. The molecular weight excluding hydrogens is 188 g/mol. The van der Waals surface area contributed by atoms with E-state index in [1.54, 1.807) is 0 Å². The van der Waals surface area contributed by atoms with Crippen LogP contribution in [0, 0.1) is 5.92 Å². The van der Waals surface area contributed by atoms with Crippen LogP contribution in [0.1, 0.15) is 40.0 Å². The van der Waals surface area contributed by atoms with Crippen molar-refractivity contribution in [3.63, 3.8) is 0 Å². The van der Waals surface area contributed by atoms with Gasteiger partial charge in [-0.25, -0.2) is 0 Å². The van der Waals surface area contributed by atoms with Crippen LogP contribution in [0.25, 0.3) is 0 Å². The Morgan fingerprint density at radius 2 is 1.86 bits per heavy atom. The minimum Gasteiger partial charge on any atom is -0.547 e. The van der Waals surface area contributed by atoms with Crippen molar-refractivity contribution in [1.82, 2.24) is 0 Å². The van der Waals surface area contributed by atoms with Crippen molar-refractivity contribution in [3.8, 4) is 0 Å². The van der Waals surface area contributed by atoms with E-state index in [1.165, 1.54) is 18.6 Å². The molecule has 0 aromatic carbocycles. The maximum absolute atomic E-state index is 6.09. The molecule has 0 aromatic heterocycles. The molecule has 1 unspecified atom stereocenters. The normalized spacial score (nSPS) is 15.4. The number of rotatable bonds is 6. The third kappa shape index (κ3) is 6.25. The van der Waals surface area contributed by atoms with Gasteiger partial charge >= 0.3 is 0 Å². The van der Waals surface area contributed by atoms with Crippen molar-refractivity contribution in [2.75, 3.05) is 0 Å². The Labute approximate surface area is 90.7 Å². The molecule has 14 heavy (non-hydrogen) atoms. The van der Waals surface area contributed by atoms with Crippen molar-refractivity contribution < 1.29 is 4.43 Å². The second-order valence-electron chi connectivity index (χ2n) is 4.92. The van der Waals surface area contributed by atoms with E-state index >= 15 is 0 Å². The molecule has 0 aliphatic rings. The fraction of sp³-hybridized carbons (Fsp3) is 0.833. The zero-order chi connectivity index (χ0) is 11.2. The van der Waals surface area contributed by atoms with Crippen molar-refractivity contribution in [2.24, 2.45) is 5.92 Å². The van der Waals surface area contributed by atoms with E-state index in [0.717, 1.165) is 6.42 Å². The molecule has 0 aromatic rings. The predicted molar refractivity (Wildman–Crippen MR) is 66.9 cm³/mol. The van der Waals surface area contributed by atoms with Gasteiger partial charge in [-0.15, -0.1) is 0 Å². The molecule has 0 spiro atoms. The Hall–Kier alpha value is -0.243. The topological polar surface area (TPSA) is 9.23 Å². The molecule has 0 aliphatic carbocycles. The van der Waals surface area contributed by atoms with Gasteiger partial charge in [-0.1, -0.05) is 27.2 Å². The van der Waals surface area contributed by atoms with E-state index in [1.807, 2.05) is 0 Å². The zero-order valence-electron chi connectivity index (χ0n) is 10.7. The van der Waals surface area contributed by atoms with Gasteiger partial charge in [-0.2, -0.15) is 0 Å². The summed E-state index contributed by atoms with van der Waals surface area (Å²) in [6.45, 7) is 13.4. The third-order valence-electron chi connectivity index (χ3n) is 2.04. The summed E-state index contributed by atoms with van der Waals surface area (Å²) in [5.41, 5.74) is 0. The van der Waals surface area contributed by atoms with Crippen molar-refractivity contribution in [1.29, 1.82) is 0 Å². The van der Waals surface area contributed by atoms with Crippen LogP contribution in [0.2, 0.25) is 19.6 Å². The average Bonchev–Trinajstić information content (AvgIpc) is 2.01. The molecule has 0 amide bonds. The van der Waals surface area contributed by atoms with Crippen LogP contribution in [-0.2, 0) is 4.43 Å². The van der Waals surface area contributed by atoms with Gasteiger partial charge in [0.25, 0.3) is 0 Å². The molecule has 84 valence electrons. The summed E-state index contributed by atoms with van der Waals surface area (Å²) in [6.07, 6.45) is 5.79. The molecule has 1 atom stereocenters. The van der Waals surface area contributed by atoms with Gasteiger partial charge in [0.05, 0.1) is 5.76 Å². The van der Waals surface area contributed by atoms with Gasteiger partial charge in [0, 0.05) is 5.92 Å². The molecule has 0 bridgehead atoms. The zero-order valence-corrected chi connectivity index (χ0v) is 11.7. The smallest absolute Gasteiger partial charge is 0.241 e. The molecule has 0 heterocycles. The molecule has 0 saturated heterocycles. The van der Waals surface area contributed by atoms with Crippen LogP contribution in [0.5, 0.6) is 0 Å². The first-order chi connectivity index (χ1) is 6.40. The summed E-state index contributed by atoms with van der Waals surface area (Å²) in [6, 6.07) is 0. The third-order valence-corrected chi connectivity index (χ3v) is 2.88.